The van der Waals surface area contributed by atoms with E-state index in [1.165, 1.54) is 7.05 Å². The smallest absolute Gasteiger partial charge is 0.228 e. The molecule has 1 aliphatic rings. The molecule has 0 aliphatic heterocycles. The molecule has 0 atom stereocenters. The van der Waals surface area contributed by atoms with Gasteiger partial charge >= 0.3 is 0 Å². The zero-order valence-corrected chi connectivity index (χ0v) is 7.16. The molecule has 8 N–H and O–H groups in total. The van der Waals surface area contributed by atoms with E-state index >= 15 is 0 Å². The molecule has 0 amide bonds. The van der Waals surface area contributed by atoms with Gasteiger partial charge in [0.15, 0.2) is 0 Å². The van der Waals surface area contributed by atoms with Gasteiger partial charge in [0.1, 0.15) is 17.1 Å². The summed E-state index contributed by atoms with van der Waals surface area (Å²) in [4.78, 5) is 15.0. The van der Waals surface area contributed by atoms with E-state index in [2.05, 4.69) is 4.99 Å². The normalized spacial score (nSPS) is 18.2. The third kappa shape index (κ3) is 1.12. The second-order valence-electron chi connectivity index (χ2n) is 2.56. The molecule has 0 bridgehead atoms. The third-order valence-electron chi connectivity index (χ3n) is 1.80. The Hall–Kier alpha value is -1.98. The quantitative estimate of drug-likeness (QED) is 0.317. The van der Waals surface area contributed by atoms with Crippen LogP contribution >= 0.6 is 0 Å². The number of rotatable bonds is 0. The Morgan fingerprint density at radius 3 is 1.62 bits per heavy atom. The number of hydrogen-bond acceptors (Lipinski definition) is 6. The summed E-state index contributed by atoms with van der Waals surface area (Å²) in [7, 11) is 1.49. The molecule has 0 saturated heterocycles. The van der Waals surface area contributed by atoms with Crippen molar-refractivity contribution < 1.29 is 4.79 Å². The fourth-order valence-corrected chi connectivity index (χ4v) is 1.03. The highest BCUT2D eigenvalue weighted by Crippen LogP contribution is 2.13. The topological polar surface area (TPSA) is 134 Å². The maximum absolute atomic E-state index is 11.2. The van der Waals surface area contributed by atoms with Crippen LogP contribution in [0.1, 0.15) is 0 Å². The van der Waals surface area contributed by atoms with Crippen molar-refractivity contribution in [2.75, 3.05) is 7.05 Å². The first-order valence-corrected chi connectivity index (χ1v) is 3.53. The molecule has 0 aromatic carbocycles. The van der Waals surface area contributed by atoms with E-state index in [0.717, 1.165) is 0 Å². The Kier molecular flexibility index (Phi) is 1.97. The molecule has 6 nitrogen and oxygen atoms in total. The predicted octanol–water partition coefficient (Wildman–Crippen LogP) is -2.10. The average molecular weight is 181 g/mol. The van der Waals surface area contributed by atoms with Crippen molar-refractivity contribution in [2.24, 2.45) is 27.9 Å². The zero-order chi connectivity index (χ0) is 10.2. The fourth-order valence-electron chi connectivity index (χ4n) is 1.03. The van der Waals surface area contributed by atoms with Gasteiger partial charge in [-0.15, -0.1) is 0 Å². The molecule has 0 aromatic rings. The largest absolute Gasteiger partial charge is 0.395 e. The van der Waals surface area contributed by atoms with Crippen LogP contribution in [0, 0.1) is 0 Å². The minimum Gasteiger partial charge on any atom is -0.395 e. The number of carbonyl (C=O) groups excluding carboxylic acids is 1. The first kappa shape index (κ1) is 9.11. The van der Waals surface area contributed by atoms with Crippen LogP contribution in [0.2, 0.25) is 0 Å². The molecule has 0 aromatic heterocycles. The summed E-state index contributed by atoms with van der Waals surface area (Å²) in [6, 6.07) is 0. The van der Waals surface area contributed by atoms with Crippen LogP contribution in [-0.2, 0) is 4.79 Å². The van der Waals surface area contributed by atoms with Crippen LogP contribution in [0.25, 0.3) is 0 Å². The molecule has 0 saturated carbocycles. The third-order valence-corrected chi connectivity index (χ3v) is 1.80. The van der Waals surface area contributed by atoms with Crippen molar-refractivity contribution in [2.45, 2.75) is 0 Å². The Balaban J connectivity index is 3.38. The van der Waals surface area contributed by atoms with Crippen LogP contribution < -0.4 is 22.9 Å². The maximum atomic E-state index is 11.2. The molecule has 0 fully saturated rings. The van der Waals surface area contributed by atoms with Crippen LogP contribution in [-0.4, -0.2) is 18.5 Å². The first-order chi connectivity index (χ1) is 6.00. The molecule has 0 radical (unpaired) electrons. The van der Waals surface area contributed by atoms with E-state index < -0.39 is 5.78 Å². The standard InChI is InChI=1S/C7H11N5O/c1-12-6-2(8)4(10)7(13)5(11)3(6)9/h8-11H2,1H3. The summed E-state index contributed by atoms with van der Waals surface area (Å²) < 4.78 is 0. The van der Waals surface area contributed by atoms with Gasteiger partial charge in [-0.2, -0.15) is 0 Å². The zero-order valence-electron chi connectivity index (χ0n) is 7.16. The SMILES string of the molecule is CN=C1C(N)=C(N)C(=O)C(N)=C1N. The Morgan fingerprint density at radius 1 is 0.923 bits per heavy atom. The molecular weight excluding hydrogens is 170 g/mol. The monoisotopic (exact) mass is 181 g/mol. The minimum absolute atomic E-state index is 0.0826. The Morgan fingerprint density at radius 2 is 1.31 bits per heavy atom. The van der Waals surface area contributed by atoms with E-state index in [9.17, 15) is 4.79 Å². The van der Waals surface area contributed by atoms with Gasteiger partial charge < -0.3 is 22.9 Å². The van der Waals surface area contributed by atoms with Crippen molar-refractivity contribution in [1.82, 2.24) is 0 Å². The fraction of sp³-hybridized carbons (Fsp3) is 0.143. The highest BCUT2D eigenvalue weighted by molar-refractivity contribution is 6.25. The number of Topliss-reactive ketones (excluding diaryl/α,β-unsaturated/α-hetero) is 1. The van der Waals surface area contributed by atoms with Crippen LogP contribution in [0.5, 0.6) is 0 Å². The summed E-state index contributed by atoms with van der Waals surface area (Å²) in [5, 5.41) is 0. The lowest BCUT2D eigenvalue weighted by molar-refractivity contribution is -0.112. The molecule has 1 aliphatic carbocycles. The van der Waals surface area contributed by atoms with Crippen molar-refractivity contribution in [3.8, 4) is 0 Å². The molecule has 13 heavy (non-hydrogen) atoms. The maximum Gasteiger partial charge on any atom is 0.228 e. The molecule has 1 rings (SSSR count). The minimum atomic E-state index is -0.539. The van der Waals surface area contributed by atoms with Crippen LogP contribution in [0.15, 0.2) is 27.8 Å². The molecule has 0 heterocycles. The van der Waals surface area contributed by atoms with Crippen molar-refractivity contribution in [1.29, 1.82) is 0 Å². The molecular formula is C7H11N5O. The van der Waals surface area contributed by atoms with E-state index in [4.69, 9.17) is 22.9 Å². The molecule has 0 spiro atoms. The number of hydrogen-bond donors (Lipinski definition) is 4. The first-order valence-electron chi connectivity index (χ1n) is 3.53. The number of aliphatic imine (C=N–C) groups is 1. The predicted molar refractivity (Wildman–Crippen MR) is 49.2 cm³/mol. The van der Waals surface area contributed by atoms with Crippen molar-refractivity contribution >= 4 is 11.5 Å². The van der Waals surface area contributed by atoms with Crippen molar-refractivity contribution in [3.63, 3.8) is 0 Å². The van der Waals surface area contributed by atoms with Gasteiger partial charge in [-0.05, 0) is 0 Å². The second-order valence-corrected chi connectivity index (χ2v) is 2.56. The van der Waals surface area contributed by atoms with Gasteiger partial charge in [0.25, 0.3) is 0 Å². The number of carbonyl (C=O) groups is 1. The number of nitrogens with zero attached hydrogens (tertiary/aromatic N) is 1. The van der Waals surface area contributed by atoms with Gasteiger partial charge in [-0.3, -0.25) is 9.79 Å². The van der Waals surface area contributed by atoms with Gasteiger partial charge in [-0.1, -0.05) is 0 Å². The van der Waals surface area contributed by atoms with E-state index in [0.29, 0.717) is 0 Å². The van der Waals surface area contributed by atoms with Gasteiger partial charge in [0.05, 0.1) is 11.4 Å². The summed E-state index contributed by atoms with van der Waals surface area (Å²) in [5.41, 5.74) is 22.0. The highest BCUT2D eigenvalue weighted by atomic mass is 16.1. The Bertz CT molecular complexity index is 333. The molecule has 0 unspecified atom stereocenters. The number of nitrogens with two attached hydrogens (primary N) is 4. The lowest BCUT2D eigenvalue weighted by Crippen LogP contribution is -2.37. The van der Waals surface area contributed by atoms with E-state index in [1.54, 1.807) is 0 Å². The summed E-state index contributed by atoms with van der Waals surface area (Å²) in [5.74, 6) is -0.539. The average Bonchev–Trinajstić information content (AvgIpc) is 2.13. The van der Waals surface area contributed by atoms with Crippen LogP contribution in [0.4, 0.5) is 0 Å². The summed E-state index contributed by atoms with van der Waals surface area (Å²) in [6.45, 7) is 0. The van der Waals surface area contributed by atoms with E-state index in [-0.39, 0.29) is 28.5 Å². The summed E-state index contributed by atoms with van der Waals surface area (Å²) >= 11 is 0. The van der Waals surface area contributed by atoms with Gasteiger partial charge in [0, 0.05) is 7.05 Å². The second kappa shape index (κ2) is 2.81. The lowest BCUT2D eigenvalue weighted by Gasteiger charge is -2.17. The summed E-state index contributed by atoms with van der Waals surface area (Å²) in [6.07, 6.45) is 0. The Labute approximate surface area is 75.0 Å². The van der Waals surface area contributed by atoms with Crippen molar-refractivity contribution in [3.05, 3.63) is 22.8 Å². The van der Waals surface area contributed by atoms with Crippen LogP contribution in [0.3, 0.4) is 0 Å². The van der Waals surface area contributed by atoms with E-state index in [1.807, 2.05) is 0 Å². The number of ketones is 1. The lowest BCUT2D eigenvalue weighted by atomic mass is 10.0. The van der Waals surface area contributed by atoms with Gasteiger partial charge in [0.2, 0.25) is 5.78 Å². The molecule has 70 valence electrons. The highest BCUT2D eigenvalue weighted by Gasteiger charge is 2.26. The van der Waals surface area contributed by atoms with Gasteiger partial charge in [-0.25, -0.2) is 0 Å². The molecule has 6 heteroatoms.